The average molecular weight is 348 g/mol. The summed E-state index contributed by atoms with van der Waals surface area (Å²) in [7, 11) is 0. The first kappa shape index (κ1) is 16.8. The second kappa shape index (κ2) is 7.25. The maximum absolute atomic E-state index is 12.0. The van der Waals surface area contributed by atoms with Crippen LogP contribution >= 0.6 is 11.8 Å². The number of carbonyl (C=O) groups is 3. The van der Waals surface area contributed by atoms with Gasteiger partial charge in [-0.1, -0.05) is 12.1 Å². The fourth-order valence-electron chi connectivity index (χ4n) is 2.59. The number of para-hydroxylation sites is 1. The molecule has 1 aliphatic carbocycles. The van der Waals surface area contributed by atoms with E-state index in [2.05, 4.69) is 10.6 Å². The van der Waals surface area contributed by atoms with Crippen LogP contribution in [0.5, 0.6) is 0 Å². The molecule has 0 bridgehead atoms. The molecule has 24 heavy (non-hydrogen) atoms. The molecule has 6 nitrogen and oxygen atoms in total. The first-order valence-corrected chi connectivity index (χ1v) is 8.92. The highest BCUT2D eigenvalue weighted by atomic mass is 32.2. The second-order valence-electron chi connectivity index (χ2n) is 6.15. The van der Waals surface area contributed by atoms with Crippen LogP contribution in [0, 0.1) is 5.92 Å². The Labute approximate surface area is 144 Å². The molecule has 1 saturated carbocycles. The van der Waals surface area contributed by atoms with Crippen molar-refractivity contribution in [3.8, 4) is 0 Å². The van der Waals surface area contributed by atoms with Crippen LogP contribution < -0.4 is 10.6 Å². The minimum Gasteiger partial charge on any atom is -0.456 e. The van der Waals surface area contributed by atoms with Crippen molar-refractivity contribution in [1.29, 1.82) is 0 Å². The van der Waals surface area contributed by atoms with Crippen LogP contribution in [0.15, 0.2) is 29.2 Å². The van der Waals surface area contributed by atoms with E-state index in [9.17, 15) is 14.4 Å². The van der Waals surface area contributed by atoms with Crippen LogP contribution in [0.3, 0.4) is 0 Å². The van der Waals surface area contributed by atoms with E-state index >= 15 is 0 Å². The summed E-state index contributed by atoms with van der Waals surface area (Å²) < 4.78 is 5.00. The molecule has 1 aromatic carbocycles. The van der Waals surface area contributed by atoms with E-state index in [1.807, 2.05) is 31.2 Å². The number of thioether (sulfide) groups is 1. The number of fused-ring (bicyclic) bond motifs is 1. The molecule has 3 rings (SSSR count). The smallest absolute Gasteiger partial charge is 0.307 e. The molecule has 1 aromatic rings. The summed E-state index contributed by atoms with van der Waals surface area (Å²) in [5.74, 6) is -0.514. The van der Waals surface area contributed by atoms with Crippen LogP contribution in [-0.2, 0) is 19.1 Å². The van der Waals surface area contributed by atoms with Gasteiger partial charge in [-0.25, -0.2) is 0 Å². The van der Waals surface area contributed by atoms with E-state index in [1.165, 1.54) is 11.8 Å². The van der Waals surface area contributed by atoms with Gasteiger partial charge in [0.1, 0.15) is 0 Å². The normalized spacial score (nSPS) is 20.5. The van der Waals surface area contributed by atoms with Gasteiger partial charge < -0.3 is 15.4 Å². The summed E-state index contributed by atoms with van der Waals surface area (Å²) in [5.41, 5.74) is 0.755. The molecule has 0 aromatic heterocycles. The van der Waals surface area contributed by atoms with E-state index in [0.717, 1.165) is 23.4 Å². The summed E-state index contributed by atoms with van der Waals surface area (Å²) in [6.45, 7) is 1.66. The van der Waals surface area contributed by atoms with Gasteiger partial charge in [-0.2, -0.15) is 0 Å². The minimum atomic E-state index is -0.545. The van der Waals surface area contributed by atoms with Crippen molar-refractivity contribution < 1.29 is 19.1 Å². The Morgan fingerprint density at radius 3 is 2.88 bits per heavy atom. The number of ether oxygens (including phenoxy) is 1. The Morgan fingerprint density at radius 2 is 2.12 bits per heavy atom. The molecule has 0 spiro atoms. The molecular formula is C17H20N2O4S. The third-order valence-electron chi connectivity index (χ3n) is 4.14. The number of hydrogen-bond donors (Lipinski definition) is 2. The van der Waals surface area contributed by atoms with Crippen molar-refractivity contribution in [1.82, 2.24) is 5.32 Å². The third kappa shape index (κ3) is 4.29. The maximum Gasteiger partial charge on any atom is 0.307 e. The summed E-state index contributed by atoms with van der Waals surface area (Å²) in [6.07, 6.45) is 2.21. The number of rotatable bonds is 6. The van der Waals surface area contributed by atoms with Crippen molar-refractivity contribution >= 4 is 35.2 Å². The topological polar surface area (TPSA) is 84.5 Å². The molecule has 1 fully saturated rings. The summed E-state index contributed by atoms with van der Waals surface area (Å²) in [6, 6.07) is 7.55. The first-order valence-electron chi connectivity index (χ1n) is 8.04. The molecule has 2 amide bonds. The highest BCUT2D eigenvalue weighted by Crippen LogP contribution is 2.36. The Hall–Kier alpha value is -2.02. The van der Waals surface area contributed by atoms with Gasteiger partial charge in [0.15, 0.2) is 6.61 Å². The van der Waals surface area contributed by atoms with E-state index < -0.39 is 11.2 Å². The van der Waals surface area contributed by atoms with Crippen molar-refractivity contribution in [2.45, 2.75) is 42.4 Å². The third-order valence-corrected chi connectivity index (χ3v) is 5.42. The highest BCUT2D eigenvalue weighted by Gasteiger charge is 2.30. The SMILES string of the molecule is C[C@@H](NC(=O)COC(=O)C[C@@H]1Sc2ccccc2NC1=O)C1CC1. The number of nitrogens with one attached hydrogen (secondary N) is 2. The molecular weight excluding hydrogens is 328 g/mol. The van der Waals surface area contributed by atoms with Crippen LogP contribution in [0.1, 0.15) is 26.2 Å². The lowest BCUT2D eigenvalue weighted by Crippen LogP contribution is -2.37. The first-order chi connectivity index (χ1) is 11.5. The largest absolute Gasteiger partial charge is 0.456 e. The number of amides is 2. The van der Waals surface area contributed by atoms with E-state index in [-0.39, 0.29) is 30.9 Å². The molecule has 0 saturated heterocycles. The number of hydrogen-bond acceptors (Lipinski definition) is 5. The van der Waals surface area contributed by atoms with E-state index in [1.54, 1.807) is 0 Å². The zero-order valence-corrected chi connectivity index (χ0v) is 14.2. The molecule has 128 valence electrons. The zero-order chi connectivity index (χ0) is 17.1. The monoisotopic (exact) mass is 348 g/mol. The standard InChI is InChI=1S/C17H20N2O4S/c1-10(11-6-7-11)18-15(20)9-23-16(21)8-14-17(22)19-12-4-2-3-5-13(12)24-14/h2-5,10-11,14H,6-9H2,1H3,(H,18,20)(H,19,22)/t10-,14+/m1/s1. The quantitative estimate of drug-likeness (QED) is 0.768. The van der Waals surface area contributed by atoms with E-state index in [0.29, 0.717) is 5.92 Å². The Bertz CT molecular complexity index is 660. The van der Waals surface area contributed by atoms with Gasteiger partial charge >= 0.3 is 5.97 Å². The van der Waals surface area contributed by atoms with Gasteiger partial charge in [0.2, 0.25) is 5.91 Å². The van der Waals surface area contributed by atoms with Crippen LogP contribution in [-0.4, -0.2) is 35.7 Å². The molecule has 0 unspecified atom stereocenters. The van der Waals surface area contributed by atoms with Gasteiger partial charge in [0.05, 0.1) is 17.4 Å². The predicted octanol–water partition coefficient (Wildman–Crippen LogP) is 1.95. The van der Waals surface area contributed by atoms with Gasteiger partial charge in [-0.3, -0.25) is 14.4 Å². The lowest BCUT2D eigenvalue weighted by molar-refractivity contribution is -0.149. The number of esters is 1. The summed E-state index contributed by atoms with van der Waals surface area (Å²) in [5, 5.41) is 5.06. The Morgan fingerprint density at radius 1 is 1.38 bits per heavy atom. The van der Waals surface area contributed by atoms with E-state index in [4.69, 9.17) is 4.74 Å². The van der Waals surface area contributed by atoms with Crippen LogP contribution in [0.25, 0.3) is 0 Å². The lowest BCUT2D eigenvalue weighted by Gasteiger charge is -2.23. The molecule has 1 heterocycles. The maximum atomic E-state index is 12.0. The van der Waals surface area contributed by atoms with Crippen LogP contribution in [0.2, 0.25) is 0 Å². The fourth-order valence-corrected chi connectivity index (χ4v) is 3.69. The number of carbonyl (C=O) groups excluding carboxylic acids is 3. The van der Waals surface area contributed by atoms with Gasteiger partial charge in [-0.15, -0.1) is 11.8 Å². The number of benzene rings is 1. The molecule has 2 aliphatic rings. The van der Waals surface area contributed by atoms with Crippen molar-refractivity contribution in [3.63, 3.8) is 0 Å². The van der Waals surface area contributed by atoms with Gasteiger partial charge in [-0.05, 0) is 37.8 Å². The Kier molecular flexibility index (Phi) is 5.08. The van der Waals surface area contributed by atoms with Crippen molar-refractivity contribution in [2.75, 3.05) is 11.9 Å². The highest BCUT2D eigenvalue weighted by molar-refractivity contribution is 8.01. The Balaban J connectivity index is 1.45. The van der Waals surface area contributed by atoms with Crippen molar-refractivity contribution in [2.24, 2.45) is 5.92 Å². The summed E-state index contributed by atoms with van der Waals surface area (Å²) in [4.78, 5) is 36.6. The van der Waals surface area contributed by atoms with Gasteiger partial charge in [0, 0.05) is 10.9 Å². The zero-order valence-electron chi connectivity index (χ0n) is 13.4. The summed E-state index contributed by atoms with van der Waals surface area (Å²) >= 11 is 1.34. The van der Waals surface area contributed by atoms with Gasteiger partial charge in [0.25, 0.3) is 5.91 Å². The molecule has 0 radical (unpaired) electrons. The molecule has 2 N–H and O–H groups in total. The molecule has 1 aliphatic heterocycles. The van der Waals surface area contributed by atoms with Crippen molar-refractivity contribution in [3.05, 3.63) is 24.3 Å². The molecule has 7 heteroatoms. The van der Waals surface area contributed by atoms with Crippen LogP contribution in [0.4, 0.5) is 5.69 Å². The number of anilines is 1. The molecule has 2 atom stereocenters. The second-order valence-corrected chi connectivity index (χ2v) is 7.39. The predicted molar refractivity (Wildman–Crippen MR) is 90.6 cm³/mol. The fraction of sp³-hybridized carbons (Fsp3) is 0.471. The minimum absolute atomic E-state index is 0.0592. The lowest BCUT2D eigenvalue weighted by atomic mass is 10.2. The average Bonchev–Trinajstić information content (AvgIpc) is 3.38.